The molecule has 0 spiro atoms. The standard InChI is InChI=1S/C36H39Cl2N3O4/c1-2-3-18-41-22-33(30-17-14-28(37)21-31(30)38)40-35(41)32(39-34(42)20-24-6-4-5-7-24)19-25-10-15-29(16-11-25)45-23-26-8-12-27(13-9-26)36(43)44/h8-17,21-22,24,32H,2-7,18-20,23H2,1H3,(H,39,42)(H,43,44)/t32-/m0/s1. The number of carbonyl (C=O) groups excluding carboxylic acids is 1. The number of unbranched alkanes of at least 4 members (excludes halogenated alkanes) is 1. The molecule has 1 aromatic heterocycles. The number of carboxylic acid groups (broad SMARTS) is 1. The number of aromatic nitrogens is 2. The number of halogens is 2. The van der Waals surface area contributed by atoms with E-state index in [9.17, 15) is 9.59 Å². The molecule has 1 atom stereocenters. The summed E-state index contributed by atoms with van der Waals surface area (Å²) < 4.78 is 8.11. The summed E-state index contributed by atoms with van der Waals surface area (Å²) >= 11 is 12.7. The molecule has 0 aliphatic heterocycles. The van der Waals surface area contributed by atoms with E-state index in [0.29, 0.717) is 41.2 Å². The third kappa shape index (κ3) is 8.89. The molecule has 0 saturated heterocycles. The number of aryl methyl sites for hydroxylation is 1. The molecule has 0 unspecified atom stereocenters. The van der Waals surface area contributed by atoms with Crippen LogP contribution in [0.25, 0.3) is 11.3 Å². The molecule has 5 rings (SSSR count). The molecule has 1 aliphatic carbocycles. The second kappa shape index (κ2) is 15.5. The zero-order valence-corrected chi connectivity index (χ0v) is 27.0. The second-order valence-corrected chi connectivity index (χ2v) is 12.6. The fourth-order valence-electron chi connectivity index (χ4n) is 5.85. The lowest BCUT2D eigenvalue weighted by Gasteiger charge is -2.21. The van der Waals surface area contributed by atoms with Gasteiger partial charge >= 0.3 is 5.97 Å². The Hall–Kier alpha value is -3.81. The number of carbonyl (C=O) groups is 2. The lowest BCUT2D eigenvalue weighted by atomic mass is 10.0. The number of nitrogens with zero attached hydrogens (tertiary/aromatic N) is 2. The van der Waals surface area contributed by atoms with Crippen LogP contribution in [-0.4, -0.2) is 26.5 Å². The predicted octanol–water partition coefficient (Wildman–Crippen LogP) is 8.91. The molecule has 1 amide bonds. The summed E-state index contributed by atoms with van der Waals surface area (Å²) in [5, 5.41) is 13.5. The predicted molar refractivity (Wildman–Crippen MR) is 178 cm³/mol. The van der Waals surface area contributed by atoms with Gasteiger partial charge in [-0.05, 0) is 85.2 Å². The summed E-state index contributed by atoms with van der Waals surface area (Å²) in [5.41, 5.74) is 3.71. The molecular weight excluding hydrogens is 609 g/mol. The molecule has 9 heteroatoms. The Bertz CT molecular complexity index is 1600. The molecule has 1 fully saturated rings. The highest BCUT2D eigenvalue weighted by molar-refractivity contribution is 6.36. The Labute approximate surface area is 274 Å². The van der Waals surface area contributed by atoms with Gasteiger partial charge in [0, 0.05) is 29.7 Å². The number of benzene rings is 3. The van der Waals surface area contributed by atoms with Crippen LogP contribution in [0.4, 0.5) is 0 Å². The minimum Gasteiger partial charge on any atom is -0.489 e. The van der Waals surface area contributed by atoms with Gasteiger partial charge in [-0.15, -0.1) is 0 Å². The van der Waals surface area contributed by atoms with Crippen LogP contribution in [0.3, 0.4) is 0 Å². The Morgan fingerprint density at radius 1 is 1.02 bits per heavy atom. The van der Waals surface area contributed by atoms with Crippen molar-refractivity contribution in [2.24, 2.45) is 5.92 Å². The third-order valence-electron chi connectivity index (χ3n) is 8.33. The van der Waals surface area contributed by atoms with Crippen molar-refractivity contribution in [3.63, 3.8) is 0 Å². The first-order valence-corrected chi connectivity index (χ1v) is 16.4. The second-order valence-electron chi connectivity index (χ2n) is 11.8. The maximum atomic E-state index is 13.4. The molecule has 7 nitrogen and oxygen atoms in total. The molecule has 1 saturated carbocycles. The van der Waals surface area contributed by atoms with Crippen LogP contribution in [0, 0.1) is 5.92 Å². The lowest BCUT2D eigenvalue weighted by Crippen LogP contribution is -2.33. The Balaban J connectivity index is 1.37. The number of carboxylic acids is 1. The van der Waals surface area contributed by atoms with Crippen molar-refractivity contribution >= 4 is 35.1 Å². The first-order valence-electron chi connectivity index (χ1n) is 15.6. The van der Waals surface area contributed by atoms with E-state index in [0.717, 1.165) is 60.4 Å². The molecule has 45 heavy (non-hydrogen) atoms. The highest BCUT2D eigenvalue weighted by atomic mass is 35.5. The van der Waals surface area contributed by atoms with Crippen LogP contribution in [-0.2, 0) is 24.4 Å². The van der Waals surface area contributed by atoms with Gasteiger partial charge in [-0.3, -0.25) is 4.79 Å². The first-order chi connectivity index (χ1) is 21.8. The highest BCUT2D eigenvalue weighted by Gasteiger charge is 2.25. The Kier molecular flexibility index (Phi) is 11.2. The molecular formula is C36H39Cl2N3O4. The van der Waals surface area contributed by atoms with Crippen LogP contribution in [0.15, 0.2) is 72.9 Å². The van der Waals surface area contributed by atoms with Gasteiger partial charge in [0.25, 0.3) is 0 Å². The average molecular weight is 649 g/mol. The van der Waals surface area contributed by atoms with Crippen LogP contribution < -0.4 is 10.1 Å². The van der Waals surface area contributed by atoms with Gasteiger partial charge in [0.15, 0.2) is 0 Å². The van der Waals surface area contributed by atoms with Crippen molar-refractivity contribution in [3.8, 4) is 17.0 Å². The molecule has 0 bridgehead atoms. The lowest BCUT2D eigenvalue weighted by molar-refractivity contribution is -0.122. The van der Waals surface area contributed by atoms with Crippen molar-refractivity contribution in [2.75, 3.05) is 0 Å². The van der Waals surface area contributed by atoms with Crippen molar-refractivity contribution < 1.29 is 19.4 Å². The van der Waals surface area contributed by atoms with Crippen LogP contribution in [0.2, 0.25) is 10.0 Å². The van der Waals surface area contributed by atoms with Gasteiger partial charge in [0.2, 0.25) is 5.91 Å². The summed E-state index contributed by atoms with van der Waals surface area (Å²) in [5.74, 6) is 1.04. The quantitative estimate of drug-likeness (QED) is 0.142. The van der Waals surface area contributed by atoms with Crippen LogP contribution in [0.1, 0.15) is 85.2 Å². The summed E-state index contributed by atoms with van der Waals surface area (Å²) in [4.78, 5) is 29.5. The normalized spacial score (nSPS) is 13.9. The smallest absolute Gasteiger partial charge is 0.335 e. The number of rotatable bonds is 14. The molecule has 3 aromatic carbocycles. The zero-order chi connectivity index (χ0) is 31.8. The van der Waals surface area contributed by atoms with E-state index in [4.69, 9.17) is 38.0 Å². The fourth-order valence-corrected chi connectivity index (χ4v) is 6.35. The van der Waals surface area contributed by atoms with E-state index in [1.165, 1.54) is 12.8 Å². The van der Waals surface area contributed by atoms with Crippen molar-refractivity contribution in [2.45, 2.75) is 77.5 Å². The third-order valence-corrected chi connectivity index (χ3v) is 8.88. The summed E-state index contributed by atoms with van der Waals surface area (Å²) in [6.07, 6.45) is 9.71. The molecule has 1 heterocycles. The van der Waals surface area contributed by atoms with Gasteiger partial charge in [-0.25, -0.2) is 9.78 Å². The first kappa shape index (κ1) is 32.6. The number of hydrogen-bond donors (Lipinski definition) is 2. The Morgan fingerprint density at radius 3 is 2.40 bits per heavy atom. The molecule has 4 aromatic rings. The number of nitrogens with one attached hydrogen (secondary N) is 1. The molecule has 1 aliphatic rings. The van der Waals surface area contributed by atoms with Crippen molar-refractivity contribution in [1.82, 2.24) is 14.9 Å². The maximum absolute atomic E-state index is 13.4. The van der Waals surface area contributed by atoms with Gasteiger partial charge in [-0.1, -0.05) is 73.7 Å². The minimum atomic E-state index is -0.955. The summed E-state index contributed by atoms with van der Waals surface area (Å²) in [6, 6.07) is 19.6. The molecule has 236 valence electrons. The molecule has 2 N–H and O–H groups in total. The van der Waals surface area contributed by atoms with Gasteiger partial charge in [0.05, 0.1) is 22.3 Å². The summed E-state index contributed by atoms with van der Waals surface area (Å²) in [7, 11) is 0. The zero-order valence-electron chi connectivity index (χ0n) is 25.5. The van der Waals surface area contributed by atoms with Crippen molar-refractivity contribution in [1.29, 1.82) is 0 Å². The van der Waals surface area contributed by atoms with Gasteiger partial charge in [-0.2, -0.15) is 0 Å². The highest BCUT2D eigenvalue weighted by Crippen LogP contribution is 2.32. The number of ether oxygens (including phenoxy) is 1. The number of aromatic carboxylic acids is 1. The van der Waals surface area contributed by atoms with Gasteiger partial charge in [0.1, 0.15) is 18.2 Å². The van der Waals surface area contributed by atoms with E-state index in [-0.39, 0.29) is 17.5 Å². The summed E-state index contributed by atoms with van der Waals surface area (Å²) in [6.45, 7) is 3.26. The van der Waals surface area contributed by atoms with E-state index in [1.807, 2.05) is 42.6 Å². The Morgan fingerprint density at radius 2 is 1.73 bits per heavy atom. The van der Waals surface area contributed by atoms with E-state index < -0.39 is 5.97 Å². The van der Waals surface area contributed by atoms with Gasteiger partial charge < -0.3 is 19.7 Å². The van der Waals surface area contributed by atoms with E-state index >= 15 is 0 Å². The maximum Gasteiger partial charge on any atom is 0.335 e. The fraction of sp³-hybridized carbons (Fsp3) is 0.361. The van der Waals surface area contributed by atoms with Crippen LogP contribution >= 0.6 is 23.2 Å². The van der Waals surface area contributed by atoms with E-state index in [2.05, 4.69) is 16.8 Å². The van der Waals surface area contributed by atoms with Crippen LogP contribution in [0.5, 0.6) is 5.75 Å². The average Bonchev–Trinajstić information content (AvgIpc) is 3.69. The minimum absolute atomic E-state index is 0.0527. The largest absolute Gasteiger partial charge is 0.489 e. The SMILES string of the molecule is CCCCn1cc(-c2ccc(Cl)cc2Cl)nc1[C@H](Cc1ccc(OCc2ccc(C(=O)O)cc2)cc1)NC(=O)CC1CCCC1. The number of hydrogen-bond acceptors (Lipinski definition) is 4. The molecule has 0 radical (unpaired) electrons. The van der Waals surface area contributed by atoms with E-state index in [1.54, 1.807) is 30.3 Å². The number of amides is 1. The topological polar surface area (TPSA) is 93.5 Å². The number of imidazole rings is 1. The monoisotopic (exact) mass is 647 g/mol. The van der Waals surface area contributed by atoms with Crippen molar-refractivity contribution in [3.05, 3.63) is 105 Å².